The summed E-state index contributed by atoms with van der Waals surface area (Å²) < 4.78 is 28.5. The van der Waals surface area contributed by atoms with Crippen LogP contribution in [0.3, 0.4) is 0 Å². The van der Waals surface area contributed by atoms with E-state index in [4.69, 9.17) is 0 Å². The molecule has 0 aliphatic carbocycles. The van der Waals surface area contributed by atoms with E-state index in [-0.39, 0.29) is 18.9 Å². The summed E-state index contributed by atoms with van der Waals surface area (Å²) in [6, 6.07) is 24.3. The first-order chi connectivity index (χ1) is 15.5. The molecule has 0 aliphatic rings. The Morgan fingerprint density at radius 3 is 2.44 bits per heavy atom. The van der Waals surface area contributed by atoms with Crippen molar-refractivity contribution in [2.75, 3.05) is 11.9 Å². The third kappa shape index (κ3) is 5.48. The molecule has 0 spiro atoms. The zero-order valence-electron chi connectivity index (χ0n) is 17.2. The second-order valence-electron chi connectivity index (χ2n) is 7.10. The average molecular weight is 447 g/mol. The highest BCUT2D eigenvalue weighted by Crippen LogP contribution is 2.19. The third-order valence-corrected chi connectivity index (χ3v) is 5.88. The summed E-state index contributed by atoms with van der Waals surface area (Å²) in [6.07, 6.45) is 3.29. The summed E-state index contributed by atoms with van der Waals surface area (Å²) in [5, 5.41) is 3.88. The first-order valence-corrected chi connectivity index (χ1v) is 11.6. The number of benzene rings is 3. The molecule has 2 N–H and O–H groups in total. The smallest absolute Gasteiger partial charge is 0.233 e. The fourth-order valence-electron chi connectivity index (χ4n) is 3.18. The lowest BCUT2D eigenvalue weighted by Gasteiger charge is -2.08. The number of hydrogen-bond donors (Lipinski definition) is 2. The van der Waals surface area contributed by atoms with Crippen LogP contribution in [0, 0.1) is 0 Å². The molecule has 8 heteroatoms. The van der Waals surface area contributed by atoms with Gasteiger partial charge >= 0.3 is 0 Å². The molecule has 0 fully saturated rings. The summed E-state index contributed by atoms with van der Waals surface area (Å²) >= 11 is 0. The van der Waals surface area contributed by atoms with Gasteiger partial charge in [0, 0.05) is 29.7 Å². The Morgan fingerprint density at radius 1 is 0.938 bits per heavy atom. The second-order valence-corrected chi connectivity index (χ2v) is 8.75. The molecule has 1 amide bonds. The van der Waals surface area contributed by atoms with Crippen molar-refractivity contribution in [2.24, 2.45) is 0 Å². The molecule has 162 valence electrons. The minimum Gasteiger partial charge on any atom is -0.326 e. The van der Waals surface area contributed by atoms with Gasteiger partial charge in [0.2, 0.25) is 15.9 Å². The largest absolute Gasteiger partial charge is 0.326 e. The van der Waals surface area contributed by atoms with Crippen molar-refractivity contribution in [1.82, 2.24) is 14.3 Å². The minimum atomic E-state index is -3.62. The van der Waals surface area contributed by atoms with E-state index in [9.17, 15) is 13.2 Å². The molecule has 1 heterocycles. The normalized spacial score (nSPS) is 11.8. The molecule has 0 unspecified atom stereocenters. The Morgan fingerprint density at radius 2 is 1.66 bits per heavy atom. The molecule has 4 rings (SSSR count). The SMILES string of the molecule is O=C(CCNS(=O)(=O)/C=C/c1ccccc1)Nc1ccc(-n2cnc3ccccc32)cc1. The van der Waals surface area contributed by atoms with Crippen molar-refractivity contribution in [1.29, 1.82) is 0 Å². The van der Waals surface area contributed by atoms with Crippen molar-refractivity contribution in [2.45, 2.75) is 6.42 Å². The molecule has 0 saturated heterocycles. The fraction of sp³-hybridized carbons (Fsp3) is 0.0833. The number of carbonyl (C=O) groups is 1. The van der Waals surface area contributed by atoms with Gasteiger partial charge in [-0.3, -0.25) is 9.36 Å². The number of para-hydroxylation sites is 2. The molecule has 0 aliphatic heterocycles. The molecular weight excluding hydrogens is 424 g/mol. The first kappa shape index (κ1) is 21.5. The Labute approximate surface area is 186 Å². The van der Waals surface area contributed by atoms with Gasteiger partial charge in [-0.1, -0.05) is 42.5 Å². The van der Waals surface area contributed by atoms with Gasteiger partial charge in [0.1, 0.15) is 6.33 Å². The Kier molecular flexibility index (Phi) is 6.44. The van der Waals surface area contributed by atoms with E-state index in [0.29, 0.717) is 5.69 Å². The maximum Gasteiger partial charge on any atom is 0.233 e. The number of rotatable bonds is 8. The molecule has 0 radical (unpaired) electrons. The number of fused-ring (bicyclic) bond motifs is 1. The van der Waals surface area contributed by atoms with Gasteiger partial charge in [-0.2, -0.15) is 0 Å². The number of anilines is 1. The quantitative estimate of drug-likeness (QED) is 0.429. The predicted octanol–water partition coefficient (Wildman–Crippen LogP) is 3.94. The number of sulfonamides is 1. The lowest BCUT2D eigenvalue weighted by atomic mass is 10.2. The lowest BCUT2D eigenvalue weighted by Crippen LogP contribution is -2.26. The maximum absolute atomic E-state index is 12.2. The standard InChI is InChI=1S/C24H22N4O3S/c29-24(14-16-26-32(30,31)17-15-19-6-2-1-3-7-19)27-20-10-12-21(13-11-20)28-18-25-22-8-4-5-9-23(22)28/h1-13,15,17-18,26H,14,16H2,(H,27,29)/b17-15+. The van der Waals surface area contributed by atoms with E-state index < -0.39 is 10.0 Å². The van der Waals surface area contributed by atoms with E-state index in [1.165, 1.54) is 6.08 Å². The van der Waals surface area contributed by atoms with E-state index >= 15 is 0 Å². The van der Waals surface area contributed by atoms with Crippen molar-refractivity contribution in [3.63, 3.8) is 0 Å². The van der Waals surface area contributed by atoms with Crippen LogP contribution in [0.2, 0.25) is 0 Å². The van der Waals surface area contributed by atoms with Crippen LogP contribution in [0.5, 0.6) is 0 Å². The zero-order valence-corrected chi connectivity index (χ0v) is 18.0. The van der Waals surface area contributed by atoms with Crippen LogP contribution < -0.4 is 10.0 Å². The van der Waals surface area contributed by atoms with Crippen molar-refractivity contribution >= 4 is 38.7 Å². The second kappa shape index (κ2) is 9.59. The van der Waals surface area contributed by atoms with E-state index in [2.05, 4.69) is 15.0 Å². The number of hydrogen-bond acceptors (Lipinski definition) is 4. The fourth-order valence-corrected chi connectivity index (χ4v) is 4.00. The van der Waals surface area contributed by atoms with Gasteiger partial charge in [-0.15, -0.1) is 0 Å². The topological polar surface area (TPSA) is 93.1 Å². The number of aromatic nitrogens is 2. The maximum atomic E-state index is 12.2. The number of imidazole rings is 1. The van der Waals surface area contributed by atoms with Gasteiger partial charge in [0.25, 0.3) is 0 Å². The Balaban J connectivity index is 1.29. The number of nitrogens with zero attached hydrogens (tertiary/aromatic N) is 2. The summed E-state index contributed by atoms with van der Waals surface area (Å²) in [4.78, 5) is 16.6. The summed E-state index contributed by atoms with van der Waals surface area (Å²) in [6.45, 7) is 0.00636. The van der Waals surface area contributed by atoms with Crippen LogP contribution in [0.15, 0.2) is 90.6 Å². The number of carbonyl (C=O) groups excluding carboxylic acids is 1. The third-order valence-electron chi connectivity index (χ3n) is 4.78. The first-order valence-electron chi connectivity index (χ1n) is 10.1. The Bertz CT molecular complexity index is 1350. The summed E-state index contributed by atoms with van der Waals surface area (Å²) in [5.74, 6) is -0.277. The molecule has 0 bridgehead atoms. The number of amides is 1. The molecule has 32 heavy (non-hydrogen) atoms. The van der Waals surface area contributed by atoms with E-state index in [0.717, 1.165) is 27.7 Å². The van der Waals surface area contributed by atoms with Crippen LogP contribution in [0.4, 0.5) is 5.69 Å². The molecular formula is C24H22N4O3S. The van der Waals surface area contributed by atoms with Crippen LogP contribution in [0.1, 0.15) is 12.0 Å². The van der Waals surface area contributed by atoms with Gasteiger partial charge in [-0.25, -0.2) is 18.1 Å². The predicted molar refractivity (Wildman–Crippen MR) is 127 cm³/mol. The highest BCUT2D eigenvalue weighted by Gasteiger charge is 2.08. The van der Waals surface area contributed by atoms with Crippen molar-refractivity contribution in [3.05, 3.63) is 96.2 Å². The highest BCUT2D eigenvalue weighted by molar-refractivity contribution is 7.92. The molecule has 1 aromatic heterocycles. The van der Waals surface area contributed by atoms with Crippen molar-refractivity contribution < 1.29 is 13.2 Å². The molecule has 3 aromatic carbocycles. The van der Waals surface area contributed by atoms with Gasteiger partial charge < -0.3 is 5.32 Å². The molecule has 7 nitrogen and oxygen atoms in total. The van der Waals surface area contributed by atoms with Crippen LogP contribution in [0.25, 0.3) is 22.8 Å². The molecule has 0 saturated carbocycles. The zero-order chi connectivity index (χ0) is 22.4. The monoisotopic (exact) mass is 446 g/mol. The number of nitrogens with one attached hydrogen (secondary N) is 2. The van der Waals surface area contributed by atoms with Crippen molar-refractivity contribution in [3.8, 4) is 5.69 Å². The minimum absolute atomic E-state index is 0.00636. The lowest BCUT2D eigenvalue weighted by molar-refractivity contribution is -0.116. The summed E-state index contributed by atoms with van der Waals surface area (Å²) in [5.41, 5.74) is 4.25. The molecule has 4 aromatic rings. The van der Waals surface area contributed by atoms with E-state index in [1.54, 1.807) is 30.6 Å². The summed E-state index contributed by atoms with van der Waals surface area (Å²) in [7, 11) is -3.62. The van der Waals surface area contributed by atoms with E-state index in [1.807, 2.05) is 59.2 Å². The van der Waals surface area contributed by atoms with Crippen LogP contribution in [-0.2, 0) is 14.8 Å². The van der Waals surface area contributed by atoms with Gasteiger partial charge in [0.05, 0.1) is 11.0 Å². The average Bonchev–Trinajstić information content (AvgIpc) is 3.23. The van der Waals surface area contributed by atoms with Crippen LogP contribution >= 0.6 is 0 Å². The van der Waals surface area contributed by atoms with Gasteiger partial charge in [-0.05, 0) is 48.0 Å². The Hall–Kier alpha value is -3.75. The highest BCUT2D eigenvalue weighted by atomic mass is 32.2. The van der Waals surface area contributed by atoms with Gasteiger partial charge in [0.15, 0.2) is 0 Å². The van der Waals surface area contributed by atoms with Crippen LogP contribution in [-0.4, -0.2) is 30.4 Å². The molecule has 0 atom stereocenters.